The number of nitrogens with two attached hydrogens (primary N) is 1. The standard InChI is InChI=1S/C29H45NO9/c1-11-18(2)17-36-26(34)37-19(3)15-29(30,25(33)35-10)16-20-12-13-21(38-23(31)27(4,5)6)22(14-20)39-24(32)28(7,8)9/h12-14,18-19H,11,15-17,30H2,1-10H3/t18?,19-,29?/m0/s1. The van der Waals surface area contributed by atoms with Gasteiger partial charge in [0.2, 0.25) is 0 Å². The molecule has 3 atom stereocenters. The molecule has 0 bridgehead atoms. The third-order valence-corrected chi connectivity index (χ3v) is 5.88. The highest BCUT2D eigenvalue weighted by atomic mass is 16.7. The first-order valence-corrected chi connectivity index (χ1v) is 13.1. The fourth-order valence-electron chi connectivity index (χ4n) is 3.21. The first-order valence-electron chi connectivity index (χ1n) is 13.1. The number of esters is 3. The number of carbonyl (C=O) groups is 4. The Morgan fingerprint density at radius 3 is 1.90 bits per heavy atom. The van der Waals surface area contributed by atoms with E-state index in [0.29, 0.717) is 5.56 Å². The van der Waals surface area contributed by atoms with E-state index in [2.05, 4.69) is 0 Å². The molecule has 1 rings (SSSR count). The molecule has 0 amide bonds. The van der Waals surface area contributed by atoms with Crippen molar-refractivity contribution in [3.63, 3.8) is 0 Å². The molecule has 0 aliphatic rings. The molecule has 39 heavy (non-hydrogen) atoms. The molecule has 1 aromatic rings. The first-order chi connectivity index (χ1) is 17.8. The van der Waals surface area contributed by atoms with Crippen LogP contribution in [0.15, 0.2) is 18.2 Å². The molecular weight excluding hydrogens is 506 g/mol. The smallest absolute Gasteiger partial charge is 0.468 e. The Morgan fingerprint density at radius 2 is 1.41 bits per heavy atom. The molecule has 220 valence electrons. The minimum atomic E-state index is -1.60. The van der Waals surface area contributed by atoms with Crippen molar-refractivity contribution in [2.75, 3.05) is 13.7 Å². The zero-order chi connectivity index (χ0) is 30.2. The SMILES string of the molecule is CCC(C)COC(=O)O[C@@H](C)CC(N)(Cc1ccc(OC(=O)C(C)(C)C)c(OC(=O)C(C)(C)C)c1)C(=O)OC. The number of hydrogen-bond donors (Lipinski definition) is 1. The van der Waals surface area contributed by atoms with Crippen molar-refractivity contribution in [2.45, 2.75) is 93.2 Å². The van der Waals surface area contributed by atoms with E-state index in [9.17, 15) is 19.2 Å². The van der Waals surface area contributed by atoms with Crippen LogP contribution in [0.4, 0.5) is 4.79 Å². The van der Waals surface area contributed by atoms with Gasteiger partial charge in [0.15, 0.2) is 11.5 Å². The lowest BCUT2D eigenvalue weighted by molar-refractivity contribution is -0.148. The molecule has 0 aromatic heterocycles. The van der Waals surface area contributed by atoms with Gasteiger partial charge in [0, 0.05) is 12.8 Å². The summed E-state index contributed by atoms with van der Waals surface area (Å²) in [6.45, 7) is 15.9. The van der Waals surface area contributed by atoms with E-state index in [0.717, 1.165) is 6.42 Å². The topological polar surface area (TPSA) is 140 Å². The van der Waals surface area contributed by atoms with Gasteiger partial charge in [0.25, 0.3) is 0 Å². The van der Waals surface area contributed by atoms with Crippen molar-refractivity contribution in [2.24, 2.45) is 22.5 Å². The minimum Gasteiger partial charge on any atom is -0.468 e. The molecule has 0 aliphatic heterocycles. The van der Waals surface area contributed by atoms with E-state index >= 15 is 0 Å². The lowest BCUT2D eigenvalue weighted by atomic mass is 9.86. The number of carbonyl (C=O) groups excluding carboxylic acids is 4. The van der Waals surface area contributed by atoms with E-state index in [-0.39, 0.29) is 36.9 Å². The quantitative estimate of drug-likeness (QED) is 0.296. The number of methoxy groups -OCH3 is 1. The minimum absolute atomic E-state index is 0.00941. The van der Waals surface area contributed by atoms with Gasteiger partial charge in [-0.25, -0.2) is 4.79 Å². The molecule has 0 spiro atoms. The fraction of sp³-hybridized carbons (Fsp3) is 0.655. The Bertz CT molecular complexity index is 1020. The van der Waals surface area contributed by atoms with Crippen molar-refractivity contribution in [3.8, 4) is 11.5 Å². The van der Waals surface area contributed by atoms with Crippen LogP contribution in [0.1, 0.15) is 80.7 Å². The van der Waals surface area contributed by atoms with Crippen LogP contribution >= 0.6 is 0 Å². The molecular formula is C29H45NO9. The van der Waals surface area contributed by atoms with Crippen LogP contribution < -0.4 is 15.2 Å². The molecule has 0 fully saturated rings. The van der Waals surface area contributed by atoms with Gasteiger partial charge in [-0.15, -0.1) is 0 Å². The second-order valence-corrected chi connectivity index (χ2v) is 12.1. The fourth-order valence-corrected chi connectivity index (χ4v) is 3.21. The molecule has 0 radical (unpaired) electrons. The van der Waals surface area contributed by atoms with Gasteiger partial charge in [-0.1, -0.05) is 26.3 Å². The molecule has 0 heterocycles. The van der Waals surface area contributed by atoms with Gasteiger partial charge in [0.1, 0.15) is 11.6 Å². The van der Waals surface area contributed by atoms with Crippen LogP contribution in [-0.2, 0) is 35.0 Å². The summed E-state index contributed by atoms with van der Waals surface area (Å²) in [7, 11) is 1.21. The van der Waals surface area contributed by atoms with Crippen molar-refractivity contribution in [1.29, 1.82) is 0 Å². The number of hydrogen-bond acceptors (Lipinski definition) is 10. The highest BCUT2D eigenvalue weighted by Gasteiger charge is 2.39. The van der Waals surface area contributed by atoms with Gasteiger partial charge in [-0.05, 0) is 72.1 Å². The Kier molecular flexibility index (Phi) is 12.0. The summed E-state index contributed by atoms with van der Waals surface area (Å²) in [6.07, 6.45) is -0.905. The number of ether oxygens (including phenoxy) is 5. The maximum absolute atomic E-state index is 12.8. The monoisotopic (exact) mass is 551 g/mol. The second kappa shape index (κ2) is 13.8. The molecule has 10 nitrogen and oxygen atoms in total. The van der Waals surface area contributed by atoms with Crippen LogP contribution in [0.2, 0.25) is 0 Å². The lowest BCUT2D eigenvalue weighted by Gasteiger charge is -2.29. The third-order valence-electron chi connectivity index (χ3n) is 5.88. The van der Waals surface area contributed by atoms with E-state index < -0.39 is 46.5 Å². The van der Waals surface area contributed by atoms with Crippen LogP contribution in [-0.4, -0.2) is 49.4 Å². The van der Waals surface area contributed by atoms with Crippen molar-refractivity contribution < 1.29 is 42.9 Å². The van der Waals surface area contributed by atoms with Crippen molar-refractivity contribution >= 4 is 24.1 Å². The van der Waals surface area contributed by atoms with Gasteiger partial charge in [0.05, 0.1) is 24.5 Å². The predicted molar refractivity (Wildman–Crippen MR) is 145 cm³/mol. The van der Waals surface area contributed by atoms with E-state index in [4.69, 9.17) is 29.4 Å². The molecule has 1 aromatic carbocycles. The predicted octanol–water partition coefficient (Wildman–Crippen LogP) is 4.98. The van der Waals surface area contributed by atoms with Gasteiger partial charge >= 0.3 is 24.1 Å². The Hall–Kier alpha value is -3.14. The molecule has 0 aliphatic carbocycles. The Labute approximate surface area is 231 Å². The maximum Gasteiger partial charge on any atom is 0.508 e. The summed E-state index contributed by atoms with van der Waals surface area (Å²) in [4.78, 5) is 50.0. The summed E-state index contributed by atoms with van der Waals surface area (Å²) in [5.41, 5.74) is 3.78. The van der Waals surface area contributed by atoms with E-state index in [1.807, 2.05) is 13.8 Å². The number of benzene rings is 1. The van der Waals surface area contributed by atoms with Crippen LogP contribution in [0.5, 0.6) is 11.5 Å². The van der Waals surface area contributed by atoms with E-state index in [1.54, 1.807) is 54.5 Å². The molecule has 0 saturated carbocycles. The summed E-state index contributed by atoms with van der Waals surface area (Å²) >= 11 is 0. The van der Waals surface area contributed by atoms with Crippen molar-refractivity contribution in [1.82, 2.24) is 0 Å². The van der Waals surface area contributed by atoms with Crippen LogP contribution in [0.25, 0.3) is 0 Å². The molecule has 0 saturated heterocycles. The molecule has 2 N–H and O–H groups in total. The summed E-state index contributed by atoms with van der Waals surface area (Å²) < 4.78 is 26.5. The van der Waals surface area contributed by atoms with Crippen LogP contribution in [0.3, 0.4) is 0 Å². The van der Waals surface area contributed by atoms with Gasteiger partial charge < -0.3 is 29.4 Å². The third kappa shape index (κ3) is 10.9. The summed E-state index contributed by atoms with van der Waals surface area (Å²) in [6, 6.07) is 4.58. The largest absolute Gasteiger partial charge is 0.508 e. The zero-order valence-electron chi connectivity index (χ0n) is 25.0. The lowest BCUT2D eigenvalue weighted by Crippen LogP contribution is -2.53. The van der Waals surface area contributed by atoms with Gasteiger partial charge in [-0.2, -0.15) is 0 Å². The average molecular weight is 552 g/mol. The highest BCUT2D eigenvalue weighted by molar-refractivity contribution is 5.82. The molecule has 10 heteroatoms. The summed E-state index contributed by atoms with van der Waals surface area (Å²) in [5.74, 6) is -1.53. The zero-order valence-corrected chi connectivity index (χ0v) is 25.0. The Balaban J connectivity index is 3.25. The first kappa shape index (κ1) is 33.9. The van der Waals surface area contributed by atoms with Crippen molar-refractivity contribution in [3.05, 3.63) is 23.8 Å². The summed E-state index contributed by atoms with van der Waals surface area (Å²) in [5, 5.41) is 0. The molecule has 2 unspecified atom stereocenters. The highest BCUT2D eigenvalue weighted by Crippen LogP contribution is 2.34. The second-order valence-electron chi connectivity index (χ2n) is 12.1. The average Bonchev–Trinajstić information content (AvgIpc) is 2.81. The normalized spacial score (nSPS) is 14.8. The van der Waals surface area contributed by atoms with Gasteiger partial charge in [-0.3, -0.25) is 14.4 Å². The van der Waals surface area contributed by atoms with Crippen LogP contribution in [0, 0.1) is 16.7 Å². The Morgan fingerprint density at radius 1 is 0.872 bits per heavy atom. The maximum atomic E-state index is 12.8. The number of rotatable bonds is 11. The van der Waals surface area contributed by atoms with E-state index in [1.165, 1.54) is 19.2 Å².